The number of halogens is 3. The van der Waals surface area contributed by atoms with Crippen LogP contribution in [0.25, 0.3) is 0 Å². The molecule has 7 heteroatoms. The SMILES string of the molecule is O=C(O)CCCNC(=O)[C@@H]1CCC[C@H](C(F)(F)F)C1. The number of aliphatic carboxylic acids is 1. The minimum absolute atomic E-state index is 0.0594. The molecule has 0 radical (unpaired) electrons. The van der Waals surface area contributed by atoms with Gasteiger partial charge in [0, 0.05) is 18.9 Å². The maximum absolute atomic E-state index is 12.6. The van der Waals surface area contributed by atoms with Crippen LogP contribution < -0.4 is 5.32 Å². The molecule has 1 rings (SSSR count). The average Bonchev–Trinajstić information content (AvgIpc) is 2.33. The predicted octanol–water partition coefficient (Wildman–Crippen LogP) is 2.34. The van der Waals surface area contributed by atoms with Crippen molar-refractivity contribution in [2.75, 3.05) is 6.54 Å². The first-order valence-corrected chi connectivity index (χ1v) is 6.37. The van der Waals surface area contributed by atoms with Gasteiger partial charge in [-0.1, -0.05) is 6.42 Å². The first-order valence-electron chi connectivity index (χ1n) is 6.37. The second kappa shape index (κ2) is 6.77. The van der Waals surface area contributed by atoms with Gasteiger partial charge in [0.1, 0.15) is 0 Å². The molecule has 0 saturated heterocycles. The van der Waals surface area contributed by atoms with Gasteiger partial charge in [-0.2, -0.15) is 13.2 Å². The largest absolute Gasteiger partial charge is 0.481 e. The molecular formula is C12H18F3NO3. The fourth-order valence-corrected chi connectivity index (χ4v) is 2.32. The molecule has 0 heterocycles. The molecule has 0 aromatic heterocycles. The molecule has 0 unspecified atom stereocenters. The molecule has 0 aromatic rings. The number of carbonyl (C=O) groups excluding carboxylic acids is 1. The van der Waals surface area contributed by atoms with E-state index >= 15 is 0 Å². The lowest BCUT2D eigenvalue weighted by molar-refractivity contribution is -0.186. The molecule has 19 heavy (non-hydrogen) atoms. The van der Waals surface area contributed by atoms with Gasteiger partial charge in [-0.05, 0) is 25.7 Å². The third-order valence-corrected chi connectivity index (χ3v) is 3.37. The molecule has 1 aliphatic carbocycles. The lowest BCUT2D eigenvalue weighted by atomic mass is 9.80. The Morgan fingerprint density at radius 2 is 1.95 bits per heavy atom. The van der Waals surface area contributed by atoms with Gasteiger partial charge in [-0.25, -0.2) is 0 Å². The van der Waals surface area contributed by atoms with Gasteiger partial charge < -0.3 is 10.4 Å². The highest BCUT2D eigenvalue weighted by atomic mass is 19.4. The van der Waals surface area contributed by atoms with E-state index in [0.717, 1.165) is 0 Å². The summed E-state index contributed by atoms with van der Waals surface area (Å²) in [5.41, 5.74) is 0. The van der Waals surface area contributed by atoms with Gasteiger partial charge >= 0.3 is 12.1 Å². The summed E-state index contributed by atoms with van der Waals surface area (Å²) >= 11 is 0. The van der Waals surface area contributed by atoms with E-state index < -0.39 is 24.0 Å². The van der Waals surface area contributed by atoms with Gasteiger partial charge in [-0.3, -0.25) is 9.59 Å². The zero-order valence-corrected chi connectivity index (χ0v) is 10.5. The Balaban J connectivity index is 2.34. The van der Waals surface area contributed by atoms with Crippen molar-refractivity contribution in [3.63, 3.8) is 0 Å². The lowest BCUT2D eigenvalue weighted by Crippen LogP contribution is -2.37. The van der Waals surface area contributed by atoms with Crippen molar-refractivity contribution < 1.29 is 27.9 Å². The topological polar surface area (TPSA) is 66.4 Å². The standard InChI is InChI=1S/C12H18F3NO3/c13-12(14,15)9-4-1-3-8(7-9)11(19)16-6-2-5-10(17)18/h8-9H,1-7H2,(H,16,19)(H,17,18)/t8-,9+/m1/s1. The number of hydrogen-bond donors (Lipinski definition) is 2. The van der Waals surface area contributed by atoms with Crippen LogP contribution in [0, 0.1) is 11.8 Å². The molecule has 0 bridgehead atoms. The molecule has 1 amide bonds. The Labute approximate surface area is 109 Å². The number of carboxylic acid groups (broad SMARTS) is 1. The number of alkyl halides is 3. The molecule has 1 fully saturated rings. The van der Waals surface area contributed by atoms with Crippen LogP contribution in [0.5, 0.6) is 0 Å². The van der Waals surface area contributed by atoms with Crippen molar-refractivity contribution in [3.05, 3.63) is 0 Å². The highest BCUT2D eigenvalue weighted by Gasteiger charge is 2.43. The van der Waals surface area contributed by atoms with Crippen molar-refractivity contribution in [3.8, 4) is 0 Å². The smallest absolute Gasteiger partial charge is 0.391 e. The normalized spacial score (nSPS) is 23.9. The predicted molar refractivity (Wildman–Crippen MR) is 61.4 cm³/mol. The van der Waals surface area contributed by atoms with E-state index in [2.05, 4.69) is 5.32 Å². The van der Waals surface area contributed by atoms with Crippen LogP contribution in [0.2, 0.25) is 0 Å². The fourth-order valence-electron chi connectivity index (χ4n) is 2.32. The highest BCUT2D eigenvalue weighted by Crippen LogP contribution is 2.39. The summed E-state index contributed by atoms with van der Waals surface area (Å²) in [6, 6.07) is 0. The maximum Gasteiger partial charge on any atom is 0.391 e. The lowest BCUT2D eigenvalue weighted by Gasteiger charge is -2.29. The highest BCUT2D eigenvalue weighted by molar-refractivity contribution is 5.78. The number of amides is 1. The Morgan fingerprint density at radius 1 is 1.26 bits per heavy atom. The van der Waals surface area contributed by atoms with Gasteiger partial charge in [0.2, 0.25) is 5.91 Å². The summed E-state index contributed by atoms with van der Waals surface area (Å²) in [7, 11) is 0. The van der Waals surface area contributed by atoms with Crippen LogP contribution in [-0.4, -0.2) is 29.7 Å². The van der Waals surface area contributed by atoms with Crippen LogP contribution in [-0.2, 0) is 9.59 Å². The number of carboxylic acids is 1. The molecule has 0 aliphatic heterocycles. The minimum atomic E-state index is -4.23. The molecule has 0 aromatic carbocycles. The van der Waals surface area contributed by atoms with Crippen LogP contribution >= 0.6 is 0 Å². The quantitative estimate of drug-likeness (QED) is 0.760. The van der Waals surface area contributed by atoms with Gasteiger partial charge in [-0.15, -0.1) is 0 Å². The summed E-state index contributed by atoms with van der Waals surface area (Å²) in [6.45, 7) is 0.193. The number of carbonyl (C=O) groups is 2. The Bertz CT molecular complexity index is 331. The summed E-state index contributed by atoms with van der Waals surface area (Å²) < 4.78 is 37.7. The zero-order valence-electron chi connectivity index (χ0n) is 10.5. The van der Waals surface area contributed by atoms with Crippen LogP contribution in [0.1, 0.15) is 38.5 Å². The van der Waals surface area contributed by atoms with Crippen LogP contribution in [0.4, 0.5) is 13.2 Å². The minimum Gasteiger partial charge on any atom is -0.481 e. The fraction of sp³-hybridized carbons (Fsp3) is 0.833. The van der Waals surface area contributed by atoms with Crippen LogP contribution in [0.3, 0.4) is 0 Å². The molecule has 4 nitrogen and oxygen atoms in total. The van der Waals surface area contributed by atoms with E-state index in [9.17, 15) is 22.8 Å². The van der Waals surface area contributed by atoms with E-state index in [1.807, 2.05) is 0 Å². The molecule has 2 N–H and O–H groups in total. The Kier molecular flexibility index (Phi) is 5.62. The third-order valence-electron chi connectivity index (χ3n) is 3.37. The Morgan fingerprint density at radius 3 is 2.53 bits per heavy atom. The number of rotatable bonds is 5. The van der Waals surface area contributed by atoms with E-state index in [-0.39, 0.29) is 38.1 Å². The second-order valence-electron chi connectivity index (χ2n) is 4.89. The first kappa shape index (κ1) is 15.8. The monoisotopic (exact) mass is 281 g/mol. The van der Waals surface area contributed by atoms with Gasteiger partial charge in [0.05, 0.1) is 5.92 Å². The molecule has 1 aliphatic rings. The van der Waals surface area contributed by atoms with E-state index in [0.29, 0.717) is 12.8 Å². The number of hydrogen-bond acceptors (Lipinski definition) is 2. The summed E-state index contributed by atoms with van der Waals surface area (Å²) in [5, 5.41) is 10.9. The molecule has 110 valence electrons. The third kappa shape index (κ3) is 5.48. The molecule has 1 saturated carbocycles. The molecule has 0 spiro atoms. The van der Waals surface area contributed by atoms with Crippen molar-refractivity contribution in [2.45, 2.75) is 44.7 Å². The molecule has 2 atom stereocenters. The average molecular weight is 281 g/mol. The van der Waals surface area contributed by atoms with Crippen molar-refractivity contribution in [2.24, 2.45) is 11.8 Å². The van der Waals surface area contributed by atoms with Crippen molar-refractivity contribution >= 4 is 11.9 Å². The van der Waals surface area contributed by atoms with E-state index in [1.165, 1.54) is 0 Å². The maximum atomic E-state index is 12.6. The van der Waals surface area contributed by atoms with E-state index in [1.54, 1.807) is 0 Å². The second-order valence-corrected chi connectivity index (χ2v) is 4.89. The van der Waals surface area contributed by atoms with Crippen molar-refractivity contribution in [1.82, 2.24) is 5.32 Å². The van der Waals surface area contributed by atoms with Gasteiger partial charge in [0.15, 0.2) is 0 Å². The number of nitrogens with one attached hydrogen (secondary N) is 1. The molecular weight excluding hydrogens is 263 g/mol. The summed E-state index contributed by atoms with van der Waals surface area (Å²) in [5.74, 6) is -3.34. The zero-order chi connectivity index (χ0) is 14.5. The first-order chi connectivity index (χ1) is 8.80. The van der Waals surface area contributed by atoms with Gasteiger partial charge in [0.25, 0.3) is 0 Å². The Hall–Kier alpha value is -1.27. The van der Waals surface area contributed by atoms with E-state index in [4.69, 9.17) is 5.11 Å². The summed E-state index contributed by atoms with van der Waals surface area (Å²) in [6.07, 6.45) is -3.20. The summed E-state index contributed by atoms with van der Waals surface area (Å²) in [4.78, 5) is 22.0. The van der Waals surface area contributed by atoms with Crippen LogP contribution in [0.15, 0.2) is 0 Å². The van der Waals surface area contributed by atoms with Crippen molar-refractivity contribution in [1.29, 1.82) is 0 Å².